The summed E-state index contributed by atoms with van der Waals surface area (Å²) in [5, 5.41) is 9.54. The molecule has 0 aliphatic carbocycles. The molecular weight excluding hydrogens is 328 g/mol. The lowest BCUT2D eigenvalue weighted by Crippen LogP contribution is -2.12. The molecule has 0 bridgehead atoms. The summed E-state index contributed by atoms with van der Waals surface area (Å²) in [6.45, 7) is 3.82. The Morgan fingerprint density at radius 3 is 2.88 bits per heavy atom. The van der Waals surface area contributed by atoms with E-state index in [2.05, 4.69) is 11.1 Å². The second-order valence-corrected chi connectivity index (χ2v) is 5.51. The molecule has 7 heteroatoms. The topological polar surface area (TPSA) is 84.3 Å². The Balaban J connectivity index is 2.30. The summed E-state index contributed by atoms with van der Waals surface area (Å²) in [6, 6.07) is 7.31. The number of ether oxygens (including phenoxy) is 3. The Morgan fingerprint density at radius 1 is 1.42 bits per heavy atom. The van der Waals surface area contributed by atoms with Crippen molar-refractivity contribution < 1.29 is 19.0 Å². The van der Waals surface area contributed by atoms with Gasteiger partial charge in [0.05, 0.1) is 17.7 Å². The van der Waals surface area contributed by atoms with Crippen LogP contribution in [-0.4, -0.2) is 24.4 Å². The molecule has 1 aromatic carbocycles. The standard InChI is InChI=1S/C17H14N2O4S/c1-3-21-17(20)14-9(2)19-16(24)11(7-18)15(14)10-4-5-12-13(6-10)23-8-22-12/h4-6H,3,8H2,1-2H3,(H,19,24). The fourth-order valence-corrected chi connectivity index (χ4v) is 2.93. The van der Waals surface area contributed by atoms with Gasteiger partial charge in [0.25, 0.3) is 0 Å². The molecule has 0 saturated heterocycles. The van der Waals surface area contributed by atoms with Crippen LogP contribution in [0.25, 0.3) is 11.1 Å². The van der Waals surface area contributed by atoms with Gasteiger partial charge in [-0.05, 0) is 31.5 Å². The van der Waals surface area contributed by atoms with Crippen LogP contribution in [-0.2, 0) is 4.74 Å². The molecule has 3 rings (SSSR count). The van der Waals surface area contributed by atoms with Crippen molar-refractivity contribution >= 4 is 18.2 Å². The number of carbonyl (C=O) groups excluding carboxylic acids is 1. The van der Waals surface area contributed by atoms with E-state index in [0.717, 1.165) is 0 Å². The minimum atomic E-state index is -0.509. The second kappa shape index (κ2) is 6.34. The van der Waals surface area contributed by atoms with Gasteiger partial charge in [-0.3, -0.25) is 0 Å². The van der Waals surface area contributed by atoms with Crippen LogP contribution in [0.3, 0.4) is 0 Å². The predicted octanol–water partition coefficient (Wildman–Crippen LogP) is 3.50. The third-order valence-electron chi connectivity index (χ3n) is 3.66. The van der Waals surface area contributed by atoms with Crippen LogP contribution in [0.2, 0.25) is 0 Å². The summed E-state index contributed by atoms with van der Waals surface area (Å²) < 4.78 is 16.1. The van der Waals surface area contributed by atoms with Gasteiger partial charge < -0.3 is 19.2 Å². The Labute approximate surface area is 143 Å². The lowest BCUT2D eigenvalue weighted by molar-refractivity contribution is 0.0526. The third kappa shape index (κ3) is 2.61. The van der Waals surface area contributed by atoms with Crippen molar-refractivity contribution in [2.75, 3.05) is 13.4 Å². The number of H-pyrrole nitrogens is 1. The third-order valence-corrected chi connectivity index (χ3v) is 3.96. The monoisotopic (exact) mass is 342 g/mol. The van der Waals surface area contributed by atoms with Crippen LogP contribution >= 0.6 is 12.2 Å². The number of rotatable bonds is 3. The number of carbonyl (C=O) groups is 1. The summed E-state index contributed by atoms with van der Waals surface area (Å²) in [5.74, 6) is 0.667. The van der Waals surface area contributed by atoms with Crippen LogP contribution in [0.4, 0.5) is 0 Å². The molecule has 2 aromatic rings. The maximum atomic E-state index is 12.4. The molecule has 0 fully saturated rings. The Kier molecular flexibility index (Phi) is 4.23. The van der Waals surface area contributed by atoms with E-state index in [1.807, 2.05) is 0 Å². The maximum Gasteiger partial charge on any atom is 0.340 e. The summed E-state index contributed by atoms with van der Waals surface area (Å²) in [5.41, 5.74) is 2.14. The van der Waals surface area contributed by atoms with Crippen molar-refractivity contribution in [1.29, 1.82) is 5.26 Å². The fraction of sp³-hybridized carbons (Fsp3) is 0.235. The number of nitriles is 1. The fourth-order valence-electron chi connectivity index (χ4n) is 2.63. The second-order valence-electron chi connectivity index (χ2n) is 5.10. The van der Waals surface area contributed by atoms with E-state index in [4.69, 9.17) is 26.4 Å². The van der Waals surface area contributed by atoms with Crippen molar-refractivity contribution in [3.05, 3.63) is 39.7 Å². The number of esters is 1. The maximum absolute atomic E-state index is 12.4. The number of fused-ring (bicyclic) bond motifs is 1. The molecule has 1 aliphatic heterocycles. The van der Waals surface area contributed by atoms with Crippen molar-refractivity contribution in [3.63, 3.8) is 0 Å². The van der Waals surface area contributed by atoms with Gasteiger partial charge in [-0.2, -0.15) is 5.26 Å². The van der Waals surface area contributed by atoms with Gasteiger partial charge in [0, 0.05) is 11.3 Å². The first-order valence-electron chi connectivity index (χ1n) is 7.31. The van der Waals surface area contributed by atoms with E-state index in [-0.39, 0.29) is 23.6 Å². The van der Waals surface area contributed by atoms with Gasteiger partial charge in [-0.1, -0.05) is 18.3 Å². The lowest BCUT2D eigenvalue weighted by atomic mass is 9.94. The van der Waals surface area contributed by atoms with Gasteiger partial charge >= 0.3 is 5.97 Å². The van der Waals surface area contributed by atoms with Crippen molar-refractivity contribution in [2.24, 2.45) is 0 Å². The first-order chi connectivity index (χ1) is 11.6. The highest BCUT2D eigenvalue weighted by molar-refractivity contribution is 7.71. The first-order valence-corrected chi connectivity index (χ1v) is 7.71. The zero-order valence-electron chi connectivity index (χ0n) is 13.1. The number of aromatic nitrogens is 1. The number of nitrogens with one attached hydrogen (secondary N) is 1. The molecule has 0 atom stereocenters. The van der Waals surface area contributed by atoms with E-state index < -0.39 is 5.97 Å². The average molecular weight is 342 g/mol. The molecule has 122 valence electrons. The molecule has 6 nitrogen and oxygen atoms in total. The first kappa shape index (κ1) is 16.0. The number of aryl methyl sites for hydroxylation is 1. The van der Waals surface area contributed by atoms with Gasteiger partial charge in [-0.25, -0.2) is 4.79 Å². The van der Waals surface area contributed by atoms with E-state index in [1.54, 1.807) is 32.0 Å². The number of benzene rings is 1. The summed E-state index contributed by atoms with van der Waals surface area (Å²) in [7, 11) is 0. The summed E-state index contributed by atoms with van der Waals surface area (Å²) in [4.78, 5) is 15.3. The highest BCUT2D eigenvalue weighted by atomic mass is 32.1. The minimum Gasteiger partial charge on any atom is -0.462 e. The molecule has 2 heterocycles. The van der Waals surface area contributed by atoms with E-state index in [1.165, 1.54) is 0 Å². The molecule has 24 heavy (non-hydrogen) atoms. The number of hydrogen-bond donors (Lipinski definition) is 1. The molecule has 0 saturated carbocycles. The zero-order valence-corrected chi connectivity index (χ0v) is 14.0. The van der Waals surface area contributed by atoms with E-state index in [9.17, 15) is 10.1 Å². The normalized spacial score (nSPS) is 11.9. The quantitative estimate of drug-likeness (QED) is 0.679. The van der Waals surface area contributed by atoms with Crippen LogP contribution in [0, 0.1) is 22.9 Å². The van der Waals surface area contributed by atoms with Gasteiger partial charge in [0.15, 0.2) is 11.5 Å². The number of pyridine rings is 1. The largest absolute Gasteiger partial charge is 0.462 e. The zero-order chi connectivity index (χ0) is 17.3. The Hall–Kier alpha value is -2.85. The predicted molar refractivity (Wildman–Crippen MR) is 88.6 cm³/mol. The van der Waals surface area contributed by atoms with E-state index in [0.29, 0.717) is 33.9 Å². The molecular formula is C17H14N2O4S. The molecule has 1 aromatic heterocycles. The Morgan fingerprint density at radius 2 is 2.17 bits per heavy atom. The van der Waals surface area contributed by atoms with Gasteiger partial charge in [-0.15, -0.1) is 0 Å². The van der Waals surface area contributed by atoms with Crippen LogP contribution in [0.15, 0.2) is 18.2 Å². The molecule has 0 amide bonds. The SMILES string of the molecule is CCOC(=O)c1c(C)[nH]c(=S)c(C#N)c1-c1ccc2c(c1)OCO2. The molecule has 1 N–H and O–H groups in total. The highest BCUT2D eigenvalue weighted by Crippen LogP contribution is 2.38. The van der Waals surface area contributed by atoms with E-state index >= 15 is 0 Å². The smallest absolute Gasteiger partial charge is 0.340 e. The molecule has 1 aliphatic rings. The summed E-state index contributed by atoms with van der Waals surface area (Å²) in [6.07, 6.45) is 0. The number of hydrogen-bond acceptors (Lipinski definition) is 6. The summed E-state index contributed by atoms with van der Waals surface area (Å²) >= 11 is 5.25. The van der Waals surface area contributed by atoms with Crippen LogP contribution in [0.1, 0.15) is 28.5 Å². The number of nitrogens with zero attached hydrogens (tertiary/aromatic N) is 1. The Bertz CT molecular complexity index is 927. The molecule has 0 unspecified atom stereocenters. The molecule has 0 radical (unpaired) electrons. The van der Waals surface area contributed by atoms with Crippen LogP contribution in [0.5, 0.6) is 11.5 Å². The van der Waals surface area contributed by atoms with Crippen molar-refractivity contribution in [3.8, 4) is 28.7 Å². The van der Waals surface area contributed by atoms with Gasteiger partial charge in [0.1, 0.15) is 10.7 Å². The van der Waals surface area contributed by atoms with Crippen LogP contribution < -0.4 is 9.47 Å². The van der Waals surface area contributed by atoms with Crippen molar-refractivity contribution in [1.82, 2.24) is 4.98 Å². The van der Waals surface area contributed by atoms with Gasteiger partial charge in [0.2, 0.25) is 6.79 Å². The lowest BCUT2D eigenvalue weighted by Gasteiger charge is -2.14. The molecule has 0 spiro atoms. The minimum absolute atomic E-state index is 0.141. The average Bonchev–Trinajstić information content (AvgIpc) is 3.01. The van der Waals surface area contributed by atoms with Crippen molar-refractivity contribution in [2.45, 2.75) is 13.8 Å². The number of aromatic amines is 1. The highest BCUT2D eigenvalue weighted by Gasteiger charge is 2.24.